The van der Waals surface area contributed by atoms with Crippen LogP contribution in [0, 0.1) is 5.41 Å². The number of carbonyl (C=O) groups excluding carboxylic acids is 1. The molecule has 0 N–H and O–H groups in total. The van der Waals surface area contributed by atoms with Gasteiger partial charge >= 0.3 is 0 Å². The molecule has 0 bridgehead atoms. The molecule has 1 unspecified atom stereocenters. The average molecular weight is 484 g/mol. The molecule has 6 heteroatoms. The highest BCUT2D eigenvalue weighted by Gasteiger charge is 2.32. The maximum atomic E-state index is 13.6. The van der Waals surface area contributed by atoms with Crippen molar-refractivity contribution in [2.45, 2.75) is 53.5 Å². The molecule has 1 atom stereocenters. The minimum atomic E-state index is -0.526. The third kappa shape index (κ3) is 4.90. The lowest BCUT2D eigenvalue weighted by atomic mass is 9.93. The van der Waals surface area contributed by atoms with Gasteiger partial charge < -0.3 is 4.90 Å². The minimum Gasteiger partial charge on any atom is -0.332 e. The predicted octanol–water partition coefficient (Wildman–Crippen LogP) is 5.88. The Balaban J connectivity index is 2.25. The summed E-state index contributed by atoms with van der Waals surface area (Å²) >= 11 is 3.46. The number of amides is 1. The third-order valence-corrected chi connectivity index (χ3v) is 5.91. The van der Waals surface area contributed by atoms with Gasteiger partial charge in [0, 0.05) is 16.4 Å². The zero-order valence-corrected chi connectivity index (χ0v) is 20.4. The van der Waals surface area contributed by atoms with Gasteiger partial charge in [-0.25, -0.2) is 4.98 Å². The van der Waals surface area contributed by atoms with E-state index in [1.165, 1.54) is 0 Å². The molecule has 1 amide bonds. The fraction of sp³-hybridized carbons (Fsp3) is 0.400. The summed E-state index contributed by atoms with van der Waals surface area (Å²) in [6.45, 7) is 10.5. The molecule has 2 aromatic carbocycles. The van der Waals surface area contributed by atoms with Crippen LogP contribution in [0.25, 0.3) is 16.6 Å². The van der Waals surface area contributed by atoms with E-state index >= 15 is 0 Å². The Labute approximate surface area is 192 Å². The summed E-state index contributed by atoms with van der Waals surface area (Å²) in [5.41, 5.74) is 0.712. The lowest BCUT2D eigenvalue weighted by Gasteiger charge is -2.35. The molecule has 0 fully saturated rings. The molecule has 0 radical (unpaired) electrons. The van der Waals surface area contributed by atoms with Crippen molar-refractivity contribution in [2.75, 3.05) is 6.54 Å². The lowest BCUT2D eigenvalue weighted by Crippen LogP contribution is -2.43. The van der Waals surface area contributed by atoms with Crippen LogP contribution in [-0.2, 0) is 4.79 Å². The summed E-state index contributed by atoms with van der Waals surface area (Å²) < 4.78 is 2.58. The Kier molecular flexibility index (Phi) is 6.99. The first-order chi connectivity index (χ1) is 14.6. The molecular weight excluding hydrogens is 454 g/mol. The maximum absolute atomic E-state index is 13.6. The van der Waals surface area contributed by atoms with Crippen LogP contribution in [0.15, 0.2) is 57.8 Å². The largest absolute Gasteiger partial charge is 0.332 e. The van der Waals surface area contributed by atoms with E-state index < -0.39 is 5.41 Å². The van der Waals surface area contributed by atoms with Crippen LogP contribution in [0.5, 0.6) is 0 Å². The summed E-state index contributed by atoms with van der Waals surface area (Å²) in [7, 11) is 0. The van der Waals surface area contributed by atoms with E-state index in [4.69, 9.17) is 4.98 Å². The van der Waals surface area contributed by atoms with Crippen LogP contribution in [-0.4, -0.2) is 26.9 Å². The van der Waals surface area contributed by atoms with E-state index in [0.29, 0.717) is 23.3 Å². The second-order valence-electron chi connectivity index (χ2n) is 8.88. The SMILES string of the molecule is CCCCN(C(=O)C(C)(C)C)C(C)c1nc2ccccc2c(=O)n1-c1ccc(Br)cc1. The number of unbranched alkanes of at least 4 members (excludes halogenated alkanes) is 1. The van der Waals surface area contributed by atoms with E-state index in [9.17, 15) is 9.59 Å². The topological polar surface area (TPSA) is 55.2 Å². The van der Waals surface area contributed by atoms with Gasteiger partial charge in [-0.3, -0.25) is 14.2 Å². The molecule has 0 aliphatic heterocycles. The van der Waals surface area contributed by atoms with Crippen molar-refractivity contribution < 1.29 is 4.79 Å². The predicted molar refractivity (Wildman–Crippen MR) is 130 cm³/mol. The molecule has 3 rings (SSSR count). The van der Waals surface area contributed by atoms with Crippen molar-refractivity contribution in [3.05, 3.63) is 69.2 Å². The molecular formula is C25H30BrN3O2. The number of halogens is 1. The number of hydrogen-bond acceptors (Lipinski definition) is 3. The van der Waals surface area contributed by atoms with Gasteiger partial charge in [-0.05, 0) is 49.7 Å². The molecule has 1 heterocycles. The second kappa shape index (κ2) is 9.35. The standard InChI is InChI=1S/C25H30BrN3O2/c1-6-7-16-28(24(31)25(3,4)5)17(2)22-27-21-11-9-8-10-20(21)23(30)29(22)19-14-12-18(26)13-15-19/h8-15,17H,6-7,16H2,1-5H3. The highest BCUT2D eigenvalue weighted by atomic mass is 79.9. The fourth-order valence-electron chi connectivity index (χ4n) is 3.64. The van der Waals surface area contributed by atoms with E-state index in [1.807, 2.05) is 75.1 Å². The Bertz CT molecular complexity index is 1130. The number of rotatable bonds is 6. The molecule has 0 saturated heterocycles. The minimum absolute atomic E-state index is 0.0539. The summed E-state index contributed by atoms with van der Waals surface area (Å²) in [6.07, 6.45) is 1.87. The molecule has 31 heavy (non-hydrogen) atoms. The van der Waals surface area contributed by atoms with Gasteiger partial charge in [0.1, 0.15) is 5.82 Å². The number of carbonyl (C=O) groups is 1. The lowest BCUT2D eigenvalue weighted by molar-refractivity contribution is -0.142. The average Bonchev–Trinajstić information content (AvgIpc) is 2.74. The quantitative estimate of drug-likeness (QED) is 0.439. The van der Waals surface area contributed by atoms with Gasteiger partial charge in [-0.1, -0.05) is 62.2 Å². The number of nitrogens with zero attached hydrogens (tertiary/aromatic N) is 3. The van der Waals surface area contributed by atoms with Gasteiger partial charge in [0.25, 0.3) is 5.56 Å². The van der Waals surface area contributed by atoms with Crippen LogP contribution >= 0.6 is 15.9 Å². The van der Waals surface area contributed by atoms with Crippen molar-refractivity contribution >= 4 is 32.7 Å². The first-order valence-corrected chi connectivity index (χ1v) is 11.5. The number of para-hydroxylation sites is 1. The van der Waals surface area contributed by atoms with E-state index in [0.717, 1.165) is 23.0 Å². The van der Waals surface area contributed by atoms with E-state index in [2.05, 4.69) is 22.9 Å². The summed E-state index contributed by atoms with van der Waals surface area (Å²) in [5.74, 6) is 0.623. The molecule has 0 saturated carbocycles. The summed E-state index contributed by atoms with van der Waals surface area (Å²) in [5, 5.41) is 0.559. The molecule has 5 nitrogen and oxygen atoms in total. The molecule has 0 aliphatic rings. The van der Waals surface area contributed by atoms with Crippen molar-refractivity contribution in [1.82, 2.24) is 14.5 Å². The Morgan fingerprint density at radius 1 is 1.13 bits per heavy atom. The second-order valence-corrected chi connectivity index (χ2v) is 9.80. The first kappa shape index (κ1) is 23.2. The van der Waals surface area contributed by atoms with Crippen LogP contribution < -0.4 is 5.56 Å². The van der Waals surface area contributed by atoms with Gasteiger partial charge in [0.05, 0.1) is 22.6 Å². The normalized spacial score (nSPS) is 12.7. The fourth-order valence-corrected chi connectivity index (χ4v) is 3.90. The Hall–Kier alpha value is -2.47. The third-order valence-electron chi connectivity index (χ3n) is 5.38. The van der Waals surface area contributed by atoms with E-state index in [-0.39, 0.29) is 17.5 Å². The van der Waals surface area contributed by atoms with Crippen LogP contribution in [0.2, 0.25) is 0 Å². The molecule has 0 spiro atoms. The van der Waals surface area contributed by atoms with Gasteiger partial charge in [-0.15, -0.1) is 0 Å². The molecule has 0 aliphatic carbocycles. The van der Waals surface area contributed by atoms with Gasteiger partial charge in [0.15, 0.2) is 0 Å². The van der Waals surface area contributed by atoms with Crippen molar-refractivity contribution in [2.24, 2.45) is 5.41 Å². The monoisotopic (exact) mass is 483 g/mol. The number of aromatic nitrogens is 2. The highest BCUT2D eigenvalue weighted by Crippen LogP contribution is 2.28. The van der Waals surface area contributed by atoms with E-state index in [1.54, 1.807) is 10.6 Å². The Morgan fingerprint density at radius 2 is 1.77 bits per heavy atom. The molecule has 3 aromatic rings. The zero-order chi connectivity index (χ0) is 22.8. The summed E-state index contributed by atoms with van der Waals surface area (Å²) in [6, 6.07) is 14.6. The van der Waals surface area contributed by atoms with Crippen LogP contribution in [0.3, 0.4) is 0 Å². The number of benzene rings is 2. The number of fused-ring (bicyclic) bond motifs is 1. The van der Waals surface area contributed by atoms with Crippen LogP contribution in [0.4, 0.5) is 0 Å². The van der Waals surface area contributed by atoms with Gasteiger partial charge in [0.2, 0.25) is 5.91 Å². The van der Waals surface area contributed by atoms with Gasteiger partial charge in [-0.2, -0.15) is 0 Å². The smallest absolute Gasteiger partial charge is 0.266 e. The highest BCUT2D eigenvalue weighted by molar-refractivity contribution is 9.10. The van der Waals surface area contributed by atoms with Crippen LogP contribution in [0.1, 0.15) is 59.3 Å². The Morgan fingerprint density at radius 3 is 2.39 bits per heavy atom. The molecule has 164 valence electrons. The molecule has 1 aromatic heterocycles. The van der Waals surface area contributed by atoms with Crippen molar-refractivity contribution in [1.29, 1.82) is 0 Å². The van der Waals surface area contributed by atoms with Crippen molar-refractivity contribution in [3.8, 4) is 5.69 Å². The first-order valence-electron chi connectivity index (χ1n) is 10.7. The van der Waals surface area contributed by atoms with Crippen molar-refractivity contribution in [3.63, 3.8) is 0 Å². The number of hydrogen-bond donors (Lipinski definition) is 0. The zero-order valence-electron chi connectivity index (χ0n) is 18.9. The maximum Gasteiger partial charge on any atom is 0.266 e. The summed E-state index contributed by atoms with van der Waals surface area (Å²) in [4.78, 5) is 33.6.